The van der Waals surface area contributed by atoms with Crippen molar-refractivity contribution in [2.75, 3.05) is 0 Å². The molecule has 2 nitrogen and oxygen atoms in total. The third-order valence-corrected chi connectivity index (χ3v) is 42.5. The molecule has 4 aliphatic rings. The predicted molar refractivity (Wildman–Crippen MR) is 535 cm³/mol. The van der Waals surface area contributed by atoms with Crippen molar-refractivity contribution < 1.29 is 65.2 Å². The normalized spacial score (nSPS) is 16.1. The molecule has 0 aromatic heterocycles. The van der Waals surface area contributed by atoms with Crippen LogP contribution >= 0.6 is 0 Å². The second kappa shape index (κ2) is 39.9. The first-order chi connectivity index (χ1) is 58.0. The van der Waals surface area contributed by atoms with E-state index < -0.39 is 42.5 Å². The molecule has 660 valence electrons. The summed E-state index contributed by atoms with van der Waals surface area (Å²) in [6, 6.07) is 77.4. The van der Waals surface area contributed by atoms with Gasteiger partial charge in [0.25, 0.3) is 0 Å². The van der Waals surface area contributed by atoms with E-state index in [1.54, 1.807) is 59.9 Å². The minimum absolute atomic E-state index is 0. The van der Waals surface area contributed by atoms with Crippen molar-refractivity contribution in [1.82, 2.24) is 0 Å². The Kier molecular flexibility index (Phi) is 31.8. The van der Waals surface area contributed by atoms with Crippen molar-refractivity contribution in [3.63, 3.8) is 0 Å². The van der Waals surface area contributed by atoms with Crippen molar-refractivity contribution in [3.05, 3.63) is 318 Å². The van der Waals surface area contributed by atoms with Gasteiger partial charge in [0.15, 0.2) is 0 Å². The monoisotopic (exact) mass is 1840 g/mol. The van der Waals surface area contributed by atoms with E-state index in [1.807, 2.05) is 12.1 Å². The van der Waals surface area contributed by atoms with Crippen LogP contribution in [0.3, 0.4) is 0 Å². The van der Waals surface area contributed by atoms with E-state index in [-0.39, 0.29) is 67.2 Å². The number of benzene rings is 10. The molecular formula is C120H150ClO2Zr2-3. The van der Waals surface area contributed by atoms with Crippen molar-refractivity contribution in [1.29, 1.82) is 0 Å². The zero-order valence-corrected chi connectivity index (χ0v) is 88.0. The minimum atomic E-state index is -2.41. The van der Waals surface area contributed by atoms with E-state index >= 15 is 0 Å². The van der Waals surface area contributed by atoms with Crippen molar-refractivity contribution in [2.45, 2.75) is 317 Å². The fourth-order valence-corrected chi connectivity index (χ4v) is 36.3. The third-order valence-electron chi connectivity index (χ3n) is 26.3. The van der Waals surface area contributed by atoms with Crippen LogP contribution in [-0.2, 0) is 85.9 Å². The topological polar surface area (TPSA) is 46.1 Å². The Labute approximate surface area is 780 Å². The van der Waals surface area contributed by atoms with Gasteiger partial charge in [-0.2, -0.15) is 0 Å². The van der Waals surface area contributed by atoms with Crippen LogP contribution in [0, 0.1) is 0 Å². The molecule has 10 aromatic carbocycles. The largest absolute Gasteiger partial charge is 1.00 e. The summed E-state index contributed by atoms with van der Waals surface area (Å²) in [4.78, 5) is 0. The molecule has 4 atom stereocenters. The SMILES string of the molecule is CC(C)(C)c1ccc([O-])c(C(C)(C)C)c1.CC(C)(C)c1ccc([O-])c(C(C)(C)C)c1.CCCC1=Cc2c(-c3ccc(C(C)(C)C)cc3)cccc2[CH]1[Zr](=[C](C)C)[CH]1C(CCC)=Cc2c(-c3ccc(C(C)(C)C)cc3)cccc21.[CH2]=[Zr]([CH]1C(CCC)=Cc2c(-c3ccc(C(C)(C)C)cc3)cccc21)[CH]1C(CCC)=Cc2c(-c3ccc(C(C)(C)C)cc3)cccc21.[Cl-]. The average molecular weight is 1840 g/mol. The van der Waals surface area contributed by atoms with Gasteiger partial charge in [-0.1, -0.05) is 131 Å². The van der Waals surface area contributed by atoms with Gasteiger partial charge in [0.1, 0.15) is 0 Å². The number of fused-ring (bicyclic) bond motifs is 4. The molecule has 5 heteroatoms. The van der Waals surface area contributed by atoms with Crippen molar-refractivity contribution >= 4 is 31.7 Å². The van der Waals surface area contributed by atoms with Gasteiger partial charge in [0.05, 0.1) is 0 Å². The van der Waals surface area contributed by atoms with Crippen LogP contribution < -0.4 is 22.6 Å². The number of allylic oxidation sites excluding steroid dienone is 4. The maximum absolute atomic E-state index is 11.7. The van der Waals surface area contributed by atoms with Gasteiger partial charge in [-0.05, 0) is 32.8 Å². The summed E-state index contributed by atoms with van der Waals surface area (Å²) in [5, 5.41) is 23.5. The molecule has 10 aromatic rings. The molecule has 0 N–H and O–H groups in total. The predicted octanol–water partition coefficient (Wildman–Crippen LogP) is 30.2. The zero-order valence-electron chi connectivity index (χ0n) is 82.3. The van der Waals surface area contributed by atoms with Gasteiger partial charge >= 0.3 is 590 Å². The van der Waals surface area contributed by atoms with Gasteiger partial charge in [-0.15, -0.1) is 11.5 Å². The van der Waals surface area contributed by atoms with Crippen LogP contribution in [0.5, 0.6) is 11.5 Å². The Balaban J connectivity index is 0.000000196. The van der Waals surface area contributed by atoms with E-state index in [9.17, 15) is 10.2 Å². The number of hydrogen-bond donors (Lipinski definition) is 0. The molecule has 0 heterocycles. The van der Waals surface area contributed by atoms with Gasteiger partial charge in [-0.3, -0.25) is 0 Å². The number of rotatable bonds is 16. The molecule has 0 amide bonds. The molecule has 0 spiro atoms. The van der Waals surface area contributed by atoms with Gasteiger partial charge < -0.3 is 22.6 Å². The van der Waals surface area contributed by atoms with Crippen LogP contribution in [-0.4, -0.2) is 7.42 Å². The smallest absolute Gasteiger partial charge is 1.00 e. The van der Waals surface area contributed by atoms with E-state index in [0.717, 1.165) is 24.0 Å². The Morgan fingerprint density at radius 2 is 0.488 bits per heavy atom. The van der Waals surface area contributed by atoms with Crippen molar-refractivity contribution in [3.8, 4) is 56.0 Å². The Bertz CT molecular complexity index is 5300. The van der Waals surface area contributed by atoms with Gasteiger partial charge in [-0.25, -0.2) is 0 Å². The molecule has 0 fully saturated rings. The Hall–Kier alpha value is -7.44. The van der Waals surface area contributed by atoms with E-state index in [1.165, 1.54) is 139 Å². The molecule has 4 aliphatic carbocycles. The maximum Gasteiger partial charge on any atom is -1.00 e. The fraction of sp³-hybridized carbons (Fsp3) is 0.417. The van der Waals surface area contributed by atoms with Crippen LogP contribution in [0.2, 0.25) is 0 Å². The third kappa shape index (κ3) is 22.9. The van der Waals surface area contributed by atoms with Gasteiger partial charge in [0, 0.05) is 0 Å². The summed E-state index contributed by atoms with van der Waals surface area (Å²) in [5.74, 6) is 0.297. The molecule has 4 unspecified atom stereocenters. The van der Waals surface area contributed by atoms with E-state index in [2.05, 4.69) is 414 Å². The molecular weight excluding hydrogens is 1690 g/mol. The first-order valence-electron chi connectivity index (χ1n) is 46.8. The molecule has 0 bridgehead atoms. The van der Waals surface area contributed by atoms with Crippen molar-refractivity contribution in [2.24, 2.45) is 0 Å². The zero-order chi connectivity index (χ0) is 90.9. The standard InChI is InChI=1S/4C22H25.2C14H22O.C3H6.CH2.ClH.2Zr/c4*1-5-7-16-14-18-8-6-9-20(21(18)15-16)17-10-12-19(13-11-17)22(2,3)4;2*1-13(2,3)10-7-8-12(15)11(9-10)14(4,5)6;1-3-2;;;;/h4*6,8-15H,5,7H2,1-4H3;2*7-9,15H,1-6H3;1-2H3;1H2;1H;;/p-3. The molecule has 14 rings (SSSR count). The summed E-state index contributed by atoms with van der Waals surface area (Å²) in [6.45, 7) is 67.4. The number of hydrogen-bond acceptors (Lipinski definition) is 2. The molecule has 125 heavy (non-hydrogen) atoms. The van der Waals surface area contributed by atoms with Crippen LogP contribution in [0.1, 0.15) is 363 Å². The molecule has 0 aliphatic heterocycles. The molecule has 0 saturated carbocycles. The summed E-state index contributed by atoms with van der Waals surface area (Å²) in [6.07, 6.45) is 19.9. The summed E-state index contributed by atoms with van der Waals surface area (Å²) in [5.41, 5.74) is 40.3. The quantitative estimate of drug-likeness (QED) is 0.0968. The second-order valence-electron chi connectivity index (χ2n) is 44.6. The number of halogens is 1. The Morgan fingerprint density at radius 1 is 0.280 bits per heavy atom. The van der Waals surface area contributed by atoms with Crippen LogP contribution in [0.4, 0.5) is 0 Å². The summed E-state index contributed by atoms with van der Waals surface area (Å²) >= 11 is -4.81. The first kappa shape index (κ1) is 99.7. The fourth-order valence-electron chi connectivity index (χ4n) is 19.2. The summed E-state index contributed by atoms with van der Waals surface area (Å²) in [7, 11) is 0. The second-order valence-corrected chi connectivity index (χ2v) is 57.8. The van der Waals surface area contributed by atoms with Crippen LogP contribution in [0.25, 0.3) is 68.8 Å². The average Bonchev–Trinajstić information content (AvgIpc) is 1.58. The molecule has 0 saturated heterocycles. The molecule has 0 radical (unpaired) electrons. The minimum Gasteiger partial charge on any atom is -1.00 e. The Morgan fingerprint density at radius 3 is 0.688 bits per heavy atom. The van der Waals surface area contributed by atoms with Gasteiger partial charge in [0.2, 0.25) is 0 Å². The van der Waals surface area contributed by atoms with Crippen LogP contribution in [0.15, 0.2) is 229 Å². The van der Waals surface area contributed by atoms with E-state index in [0.29, 0.717) is 14.5 Å². The van der Waals surface area contributed by atoms with E-state index in [4.69, 9.17) is 4.21 Å². The first-order valence-corrected chi connectivity index (χ1v) is 55.4. The maximum atomic E-state index is 11.7. The summed E-state index contributed by atoms with van der Waals surface area (Å²) < 4.78 is 9.17.